The van der Waals surface area contributed by atoms with Crippen LogP contribution in [0.1, 0.15) is 21.5 Å². The largest absolute Gasteiger partial charge is 0.508 e. The van der Waals surface area contributed by atoms with E-state index in [2.05, 4.69) is 0 Å². The Bertz CT molecular complexity index is 702. The lowest BCUT2D eigenvalue weighted by Crippen LogP contribution is -1.95. The van der Waals surface area contributed by atoms with E-state index in [1.807, 2.05) is 0 Å². The summed E-state index contributed by atoms with van der Waals surface area (Å²) in [5.41, 5.74) is 2.40. The van der Waals surface area contributed by atoms with E-state index in [-0.39, 0.29) is 17.3 Å². The van der Waals surface area contributed by atoms with Crippen molar-refractivity contribution in [2.45, 2.75) is 6.42 Å². The SMILES string of the molecule is O=C1/C(=C\c2cccc(F)c2)Cc2c(O)cccc21. The number of fused-ring (bicyclic) bond motifs is 1. The lowest BCUT2D eigenvalue weighted by molar-refractivity contribution is 0.104. The van der Waals surface area contributed by atoms with Crippen molar-refractivity contribution in [2.24, 2.45) is 0 Å². The molecule has 0 bridgehead atoms. The maximum Gasteiger partial charge on any atom is 0.189 e. The molecule has 0 spiro atoms. The number of rotatable bonds is 1. The van der Waals surface area contributed by atoms with E-state index >= 15 is 0 Å². The number of carbonyl (C=O) groups is 1. The molecule has 94 valence electrons. The number of Topliss-reactive ketones (excluding diaryl/α,β-unsaturated/α-hetero) is 1. The molecule has 0 unspecified atom stereocenters. The number of aromatic hydroxyl groups is 1. The third-order valence-electron chi connectivity index (χ3n) is 3.24. The molecule has 2 nitrogen and oxygen atoms in total. The minimum Gasteiger partial charge on any atom is -0.508 e. The summed E-state index contributed by atoms with van der Waals surface area (Å²) in [6, 6.07) is 11.0. The number of phenols is 1. The van der Waals surface area contributed by atoms with Crippen molar-refractivity contribution >= 4 is 11.9 Å². The second-order valence-corrected chi connectivity index (χ2v) is 4.53. The molecule has 2 aromatic carbocycles. The third kappa shape index (κ3) is 2.03. The van der Waals surface area contributed by atoms with Gasteiger partial charge in [-0.3, -0.25) is 4.79 Å². The topological polar surface area (TPSA) is 37.3 Å². The Morgan fingerprint density at radius 2 is 1.95 bits per heavy atom. The number of halogens is 1. The zero-order valence-corrected chi connectivity index (χ0v) is 10.1. The van der Waals surface area contributed by atoms with Gasteiger partial charge in [-0.05, 0) is 29.8 Å². The summed E-state index contributed by atoms with van der Waals surface area (Å²) in [6.45, 7) is 0. The molecule has 1 N–H and O–H groups in total. The first kappa shape index (κ1) is 11.7. The number of hydrogen-bond acceptors (Lipinski definition) is 2. The monoisotopic (exact) mass is 254 g/mol. The molecule has 0 heterocycles. The number of hydrogen-bond donors (Lipinski definition) is 1. The number of benzene rings is 2. The molecular formula is C16H11FO2. The fourth-order valence-corrected chi connectivity index (χ4v) is 2.33. The molecule has 0 aromatic heterocycles. The normalized spacial score (nSPS) is 15.8. The number of phenolic OH excluding ortho intramolecular Hbond substituents is 1. The molecule has 0 atom stereocenters. The van der Waals surface area contributed by atoms with Crippen LogP contribution in [0.25, 0.3) is 6.08 Å². The highest BCUT2D eigenvalue weighted by Gasteiger charge is 2.26. The zero-order valence-electron chi connectivity index (χ0n) is 10.1. The van der Waals surface area contributed by atoms with Crippen molar-refractivity contribution in [3.63, 3.8) is 0 Å². The van der Waals surface area contributed by atoms with Gasteiger partial charge in [-0.15, -0.1) is 0 Å². The van der Waals surface area contributed by atoms with E-state index < -0.39 is 0 Å². The van der Waals surface area contributed by atoms with Crippen molar-refractivity contribution in [3.05, 3.63) is 70.5 Å². The fraction of sp³-hybridized carbons (Fsp3) is 0.0625. The minimum absolute atomic E-state index is 0.102. The summed E-state index contributed by atoms with van der Waals surface area (Å²) < 4.78 is 13.1. The molecule has 19 heavy (non-hydrogen) atoms. The summed E-state index contributed by atoms with van der Waals surface area (Å²) in [7, 11) is 0. The molecule has 1 aliphatic carbocycles. The Balaban J connectivity index is 2.02. The Morgan fingerprint density at radius 3 is 2.68 bits per heavy atom. The lowest BCUT2D eigenvalue weighted by Gasteiger charge is -1.98. The van der Waals surface area contributed by atoms with Gasteiger partial charge in [0.05, 0.1) is 0 Å². The third-order valence-corrected chi connectivity index (χ3v) is 3.24. The van der Waals surface area contributed by atoms with Crippen molar-refractivity contribution in [1.82, 2.24) is 0 Å². The molecule has 0 aliphatic heterocycles. The molecule has 3 heteroatoms. The summed E-state index contributed by atoms with van der Waals surface area (Å²) >= 11 is 0. The van der Waals surface area contributed by atoms with Gasteiger partial charge < -0.3 is 5.11 Å². The van der Waals surface area contributed by atoms with E-state index in [9.17, 15) is 14.3 Å². The van der Waals surface area contributed by atoms with Crippen LogP contribution >= 0.6 is 0 Å². The summed E-state index contributed by atoms with van der Waals surface area (Å²) in [4.78, 5) is 12.2. The molecule has 0 radical (unpaired) electrons. The highest BCUT2D eigenvalue weighted by Crippen LogP contribution is 2.33. The predicted octanol–water partition coefficient (Wildman–Crippen LogP) is 3.35. The Morgan fingerprint density at radius 1 is 1.16 bits per heavy atom. The van der Waals surface area contributed by atoms with Gasteiger partial charge in [0.1, 0.15) is 11.6 Å². The van der Waals surface area contributed by atoms with Gasteiger partial charge in [-0.2, -0.15) is 0 Å². The molecule has 0 saturated carbocycles. The minimum atomic E-state index is -0.333. The van der Waals surface area contributed by atoms with Gasteiger partial charge in [0.2, 0.25) is 0 Å². The van der Waals surface area contributed by atoms with Crippen molar-refractivity contribution in [2.75, 3.05) is 0 Å². The number of allylic oxidation sites excluding steroid dienone is 1. The first-order chi connectivity index (χ1) is 9.15. The summed E-state index contributed by atoms with van der Waals surface area (Å²) in [6.07, 6.45) is 2.06. The molecule has 0 fully saturated rings. The summed E-state index contributed by atoms with van der Waals surface area (Å²) in [5, 5.41) is 9.74. The van der Waals surface area contributed by atoms with Gasteiger partial charge in [-0.1, -0.05) is 24.3 Å². The van der Waals surface area contributed by atoms with Crippen LogP contribution in [0.3, 0.4) is 0 Å². The Hall–Kier alpha value is -2.42. The number of carbonyl (C=O) groups excluding carboxylic acids is 1. The molecule has 2 aromatic rings. The smallest absolute Gasteiger partial charge is 0.189 e. The standard InChI is InChI=1S/C16H11FO2/c17-12-4-1-3-10(8-12)7-11-9-14-13(16(11)19)5-2-6-15(14)18/h1-8,18H,9H2/b11-7-. The van der Waals surface area contributed by atoms with Crippen molar-refractivity contribution < 1.29 is 14.3 Å². The van der Waals surface area contributed by atoms with Crippen molar-refractivity contribution in [1.29, 1.82) is 0 Å². The van der Waals surface area contributed by atoms with Gasteiger partial charge in [-0.25, -0.2) is 4.39 Å². The van der Waals surface area contributed by atoms with Crippen LogP contribution in [0.2, 0.25) is 0 Å². The molecule has 1 aliphatic rings. The van der Waals surface area contributed by atoms with E-state index in [0.717, 1.165) is 0 Å². The van der Waals surface area contributed by atoms with Crippen LogP contribution in [-0.2, 0) is 6.42 Å². The van der Waals surface area contributed by atoms with E-state index in [4.69, 9.17) is 0 Å². The van der Waals surface area contributed by atoms with Gasteiger partial charge >= 0.3 is 0 Å². The van der Waals surface area contributed by atoms with E-state index in [1.165, 1.54) is 12.1 Å². The molecule has 3 rings (SSSR count). The maximum absolute atomic E-state index is 13.1. The van der Waals surface area contributed by atoms with E-state index in [0.29, 0.717) is 28.7 Å². The van der Waals surface area contributed by atoms with Crippen LogP contribution in [-0.4, -0.2) is 10.9 Å². The second kappa shape index (κ2) is 4.35. The van der Waals surface area contributed by atoms with Crippen LogP contribution in [0, 0.1) is 5.82 Å². The Kier molecular flexibility index (Phi) is 2.67. The first-order valence-corrected chi connectivity index (χ1v) is 5.97. The Labute approximate surface area is 109 Å². The lowest BCUT2D eigenvalue weighted by atomic mass is 10.1. The maximum atomic E-state index is 13.1. The van der Waals surface area contributed by atoms with Crippen LogP contribution in [0.15, 0.2) is 48.0 Å². The van der Waals surface area contributed by atoms with Gasteiger partial charge in [0.15, 0.2) is 5.78 Å². The zero-order chi connectivity index (χ0) is 13.4. The van der Waals surface area contributed by atoms with Crippen LogP contribution in [0.5, 0.6) is 5.75 Å². The van der Waals surface area contributed by atoms with Crippen LogP contribution < -0.4 is 0 Å². The fourth-order valence-electron chi connectivity index (χ4n) is 2.33. The van der Waals surface area contributed by atoms with Gasteiger partial charge in [0.25, 0.3) is 0 Å². The first-order valence-electron chi connectivity index (χ1n) is 5.97. The van der Waals surface area contributed by atoms with E-state index in [1.54, 1.807) is 36.4 Å². The van der Waals surface area contributed by atoms with Gasteiger partial charge in [0, 0.05) is 23.1 Å². The average Bonchev–Trinajstić information content (AvgIpc) is 2.69. The molecular weight excluding hydrogens is 243 g/mol. The quantitative estimate of drug-likeness (QED) is 0.792. The molecule has 0 amide bonds. The average molecular weight is 254 g/mol. The summed E-state index contributed by atoms with van der Waals surface area (Å²) in [5.74, 6) is -0.302. The van der Waals surface area contributed by atoms with Crippen LogP contribution in [0.4, 0.5) is 4.39 Å². The van der Waals surface area contributed by atoms with Crippen molar-refractivity contribution in [3.8, 4) is 5.75 Å². The number of ketones is 1. The second-order valence-electron chi connectivity index (χ2n) is 4.53. The molecule has 0 saturated heterocycles. The highest BCUT2D eigenvalue weighted by atomic mass is 19.1. The predicted molar refractivity (Wildman–Crippen MR) is 70.5 cm³/mol. The highest BCUT2D eigenvalue weighted by molar-refractivity contribution is 6.16.